The van der Waals surface area contributed by atoms with E-state index in [9.17, 15) is 0 Å². The van der Waals surface area contributed by atoms with Gasteiger partial charge in [-0.05, 0) is 122 Å². The summed E-state index contributed by atoms with van der Waals surface area (Å²) in [5, 5.41) is 8.71. The third-order valence-corrected chi connectivity index (χ3v) is 7.09. The van der Waals surface area contributed by atoms with Crippen molar-refractivity contribution in [3.05, 3.63) is 56.6 Å². The van der Waals surface area contributed by atoms with Crippen molar-refractivity contribution in [2.24, 2.45) is 0 Å². The van der Waals surface area contributed by atoms with E-state index in [0.29, 0.717) is 0 Å². The fourth-order valence-electron chi connectivity index (χ4n) is 5.79. The monoisotopic (exact) mass is 372 g/mol. The molecule has 0 atom stereocenters. The van der Waals surface area contributed by atoms with Gasteiger partial charge in [-0.25, -0.2) is 0 Å². The number of aryl methyl sites for hydroxylation is 4. The van der Waals surface area contributed by atoms with Crippen LogP contribution >= 0.6 is 0 Å². The van der Waals surface area contributed by atoms with Gasteiger partial charge in [-0.1, -0.05) is 12.1 Å². The molecule has 2 aromatic carbocycles. The van der Waals surface area contributed by atoms with Crippen molar-refractivity contribution in [1.82, 2.24) is 0 Å². The summed E-state index contributed by atoms with van der Waals surface area (Å²) in [6, 6.07) is 4.76. The first-order valence-corrected chi connectivity index (χ1v) is 10.9. The number of rotatable bonds is 1. The molecule has 0 aromatic heterocycles. The maximum atomic E-state index is 8.71. The Kier molecular flexibility index (Phi) is 4.51. The zero-order valence-corrected chi connectivity index (χ0v) is 16.6. The van der Waals surface area contributed by atoms with Gasteiger partial charge in [0.2, 0.25) is 0 Å². The first kappa shape index (κ1) is 17.6. The third-order valence-electron chi connectivity index (χ3n) is 7.09. The van der Waals surface area contributed by atoms with Crippen LogP contribution in [0, 0.1) is 11.5 Å². The zero-order valence-electron chi connectivity index (χ0n) is 16.6. The van der Waals surface area contributed by atoms with Crippen molar-refractivity contribution in [3.63, 3.8) is 0 Å². The van der Waals surface area contributed by atoms with E-state index in [1.54, 1.807) is 0 Å². The molecule has 0 aliphatic heterocycles. The SMILES string of the molecule is N#COc1c2c(cc3c1CCC3)CCC2.Nc1c2c(cc3c1CCC3)CCC2. The first-order valence-electron chi connectivity index (χ1n) is 10.9. The number of nitrogens with zero attached hydrogens (tertiary/aromatic N) is 1. The second-order valence-electron chi connectivity index (χ2n) is 8.65. The molecule has 0 bridgehead atoms. The van der Waals surface area contributed by atoms with Gasteiger partial charge >= 0.3 is 0 Å². The van der Waals surface area contributed by atoms with Crippen molar-refractivity contribution in [2.45, 2.75) is 77.0 Å². The minimum atomic E-state index is 0.903. The minimum Gasteiger partial charge on any atom is -0.398 e. The predicted octanol–water partition coefficient (Wildman–Crippen LogP) is 4.77. The van der Waals surface area contributed by atoms with Gasteiger partial charge in [-0.3, -0.25) is 0 Å². The van der Waals surface area contributed by atoms with Gasteiger partial charge in [-0.15, -0.1) is 5.26 Å². The molecule has 0 heterocycles. The molecule has 4 aliphatic carbocycles. The molecule has 3 nitrogen and oxygen atoms in total. The molecule has 2 aromatic rings. The Bertz CT molecular complexity index is 919. The first-order chi connectivity index (χ1) is 13.8. The average Bonchev–Trinajstić information content (AvgIpc) is 3.48. The Hall–Kier alpha value is -2.47. The van der Waals surface area contributed by atoms with E-state index in [4.69, 9.17) is 15.7 Å². The molecule has 0 saturated heterocycles. The van der Waals surface area contributed by atoms with Crippen molar-refractivity contribution < 1.29 is 4.74 Å². The molecule has 3 heteroatoms. The van der Waals surface area contributed by atoms with Crippen LogP contribution in [-0.2, 0) is 51.4 Å². The molecule has 0 saturated carbocycles. The van der Waals surface area contributed by atoms with Crippen molar-refractivity contribution in [1.29, 1.82) is 5.26 Å². The highest BCUT2D eigenvalue weighted by Crippen LogP contribution is 2.40. The van der Waals surface area contributed by atoms with Crippen LogP contribution < -0.4 is 10.5 Å². The fraction of sp³-hybridized carbons (Fsp3) is 0.480. The predicted molar refractivity (Wildman–Crippen MR) is 112 cm³/mol. The summed E-state index contributed by atoms with van der Waals surface area (Å²) in [4.78, 5) is 0. The normalized spacial score (nSPS) is 17.8. The maximum absolute atomic E-state index is 8.71. The van der Waals surface area contributed by atoms with Crippen LogP contribution in [0.1, 0.15) is 70.2 Å². The Balaban J connectivity index is 0.000000123. The minimum absolute atomic E-state index is 0.903. The Labute approximate surface area is 167 Å². The highest BCUT2D eigenvalue weighted by Gasteiger charge is 2.25. The Morgan fingerprint density at radius 3 is 1.46 bits per heavy atom. The fourth-order valence-corrected chi connectivity index (χ4v) is 5.79. The second-order valence-corrected chi connectivity index (χ2v) is 8.65. The van der Waals surface area contributed by atoms with Crippen molar-refractivity contribution >= 4 is 5.69 Å². The van der Waals surface area contributed by atoms with Crippen LogP contribution in [0.3, 0.4) is 0 Å². The van der Waals surface area contributed by atoms with E-state index in [1.807, 2.05) is 6.26 Å². The smallest absolute Gasteiger partial charge is 0.292 e. The third kappa shape index (κ3) is 2.87. The molecule has 0 fully saturated rings. The summed E-state index contributed by atoms with van der Waals surface area (Å²) in [5.41, 5.74) is 18.8. The number of hydrogen-bond donors (Lipinski definition) is 1. The van der Waals surface area contributed by atoms with Gasteiger partial charge in [0.15, 0.2) is 0 Å². The van der Waals surface area contributed by atoms with Crippen LogP contribution in [-0.4, -0.2) is 0 Å². The molecule has 4 aliphatic rings. The molecule has 28 heavy (non-hydrogen) atoms. The van der Waals surface area contributed by atoms with Crippen LogP contribution in [0.15, 0.2) is 12.1 Å². The van der Waals surface area contributed by atoms with Crippen LogP contribution in [0.5, 0.6) is 5.75 Å². The van der Waals surface area contributed by atoms with E-state index in [1.165, 1.54) is 95.9 Å². The lowest BCUT2D eigenvalue weighted by atomic mass is 9.99. The highest BCUT2D eigenvalue weighted by atomic mass is 16.5. The number of benzene rings is 2. The topological polar surface area (TPSA) is 59.0 Å². The van der Waals surface area contributed by atoms with Crippen molar-refractivity contribution in [3.8, 4) is 12.0 Å². The van der Waals surface area contributed by atoms with Crippen LogP contribution in [0.4, 0.5) is 5.69 Å². The molecular formula is C25H28N2O. The number of fused-ring (bicyclic) bond motifs is 4. The number of nitrogens with two attached hydrogens (primary N) is 1. The lowest BCUT2D eigenvalue weighted by Crippen LogP contribution is -1.99. The van der Waals surface area contributed by atoms with Gasteiger partial charge in [-0.2, -0.15) is 0 Å². The number of hydrogen-bond acceptors (Lipinski definition) is 3. The number of nitriles is 1. The van der Waals surface area contributed by atoms with E-state index < -0.39 is 0 Å². The maximum Gasteiger partial charge on any atom is 0.292 e. The molecule has 0 spiro atoms. The molecule has 0 amide bonds. The molecule has 0 unspecified atom stereocenters. The van der Waals surface area contributed by atoms with E-state index in [0.717, 1.165) is 37.1 Å². The molecule has 0 radical (unpaired) electrons. The quantitative estimate of drug-likeness (QED) is 0.579. The Morgan fingerprint density at radius 1 is 0.643 bits per heavy atom. The van der Waals surface area contributed by atoms with Gasteiger partial charge in [0, 0.05) is 5.69 Å². The lowest BCUT2D eigenvalue weighted by molar-refractivity contribution is 0.495. The van der Waals surface area contributed by atoms with Crippen molar-refractivity contribution in [2.75, 3.05) is 5.73 Å². The second kappa shape index (κ2) is 7.17. The summed E-state index contributed by atoms with van der Waals surface area (Å²) in [7, 11) is 0. The zero-order chi connectivity index (χ0) is 19.1. The molecule has 144 valence electrons. The van der Waals surface area contributed by atoms with E-state index in [-0.39, 0.29) is 0 Å². The summed E-state index contributed by atoms with van der Waals surface area (Å²) < 4.78 is 5.20. The summed E-state index contributed by atoms with van der Waals surface area (Å²) in [6.07, 6.45) is 16.3. The number of ether oxygens (including phenoxy) is 1. The summed E-state index contributed by atoms with van der Waals surface area (Å²) >= 11 is 0. The number of anilines is 1. The van der Waals surface area contributed by atoms with Gasteiger partial charge in [0.05, 0.1) is 0 Å². The van der Waals surface area contributed by atoms with Gasteiger partial charge in [0.1, 0.15) is 5.75 Å². The highest BCUT2D eigenvalue weighted by molar-refractivity contribution is 5.63. The molecule has 2 N–H and O–H groups in total. The van der Waals surface area contributed by atoms with Crippen LogP contribution in [0.2, 0.25) is 0 Å². The Morgan fingerprint density at radius 2 is 1.04 bits per heavy atom. The molecule has 6 rings (SSSR count). The lowest BCUT2D eigenvalue weighted by Gasteiger charge is -2.11. The van der Waals surface area contributed by atoms with Crippen LogP contribution in [0.25, 0.3) is 0 Å². The van der Waals surface area contributed by atoms with E-state index >= 15 is 0 Å². The van der Waals surface area contributed by atoms with Gasteiger partial charge in [0.25, 0.3) is 6.26 Å². The largest absolute Gasteiger partial charge is 0.398 e. The standard InChI is InChI=1S/C13H13NO.C12H15N/c14-8-15-13-11-5-1-3-9(11)7-10-4-2-6-12(10)13;13-12-10-5-1-3-8(10)7-9-4-2-6-11(9)12/h7H,1-6H2;7H,1-6,13H2. The summed E-state index contributed by atoms with van der Waals surface area (Å²) in [6.45, 7) is 0. The van der Waals surface area contributed by atoms with Gasteiger partial charge < -0.3 is 10.5 Å². The molecular weight excluding hydrogens is 344 g/mol. The average molecular weight is 373 g/mol. The number of nitrogen functional groups attached to an aromatic ring is 1. The van der Waals surface area contributed by atoms with E-state index in [2.05, 4.69) is 12.1 Å². The summed E-state index contributed by atoms with van der Waals surface area (Å²) in [5.74, 6) is 0.903.